The molecule has 2 aliphatic rings. The van der Waals surface area contributed by atoms with E-state index in [9.17, 15) is 27.9 Å². The Morgan fingerprint density at radius 2 is 1.79 bits per heavy atom. The second-order valence-corrected chi connectivity index (χ2v) is 8.94. The first-order chi connectivity index (χ1) is 18.1. The number of aliphatic hydroxyl groups excluding tert-OH is 1. The van der Waals surface area contributed by atoms with Gasteiger partial charge in [0.05, 0.1) is 36.5 Å². The van der Waals surface area contributed by atoms with Gasteiger partial charge in [-0.3, -0.25) is 14.5 Å². The molecule has 38 heavy (non-hydrogen) atoms. The number of methoxy groups -OCH3 is 1. The molecule has 0 radical (unpaired) electrons. The van der Waals surface area contributed by atoms with Crippen molar-refractivity contribution in [3.63, 3.8) is 0 Å². The van der Waals surface area contributed by atoms with Crippen LogP contribution in [0, 0.1) is 0 Å². The van der Waals surface area contributed by atoms with Crippen LogP contribution in [0.4, 0.5) is 24.5 Å². The summed E-state index contributed by atoms with van der Waals surface area (Å²) in [6.07, 6.45) is -4.57. The summed E-state index contributed by atoms with van der Waals surface area (Å²) in [5.74, 6) is -1.29. The molecule has 2 aliphatic heterocycles. The molecule has 1 saturated heterocycles. The minimum Gasteiger partial charge on any atom is -0.507 e. The van der Waals surface area contributed by atoms with Crippen LogP contribution in [0.5, 0.6) is 11.5 Å². The molecule has 5 rings (SSSR count). The van der Waals surface area contributed by atoms with E-state index in [0.717, 1.165) is 29.2 Å². The number of rotatable bonds is 4. The monoisotopic (exact) mass is 524 g/mol. The van der Waals surface area contributed by atoms with Gasteiger partial charge in [0, 0.05) is 18.3 Å². The fourth-order valence-electron chi connectivity index (χ4n) is 4.69. The molecule has 10 heteroatoms. The molecule has 3 aromatic rings. The maximum atomic E-state index is 13.4. The normalized spacial score (nSPS) is 18.8. The molecular formula is C28H23F3N2O5. The van der Waals surface area contributed by atoms with Gasteiger partial charge in [-0.05, 0) is 60.2 Å². The van der Waals surface area contributed by atoms with Gasteiger partial charge in [0.25, 0.3) is 11.7 Å². The van der Waals surface area contributed by atoms with E-state index < -0.39 is 35.2 Å². The lowest BCUT2D eigenvalue weighted by Crippen LogP contribution is -2.29. The van der Waals surface area contributed by atoms with Crippen LogP contribution in [0.15, 0.2) is 72.3 Å². The van der Waals surface area contributed by atoms with Gasteiger partial charge >= 0.3 is 6.18 Å². The van der Waals surface area contributed by atoms with E-state index in [-0.39, 0.29) is 11.3 Å². The van der Waals surface area contributed by atoms with Gasteiger partial charge in [-0.25, -0.2) is 0 Å². The number of hydrogen-bond donors (Lipinski definition) is 1. The number of amides is 1. The third kappa shape index (κ3) is 4.31. The van der Waals surface area contributed by atoms with Gasteiger partial charge in [0.2, 0.25) is 0 Å². The van der Waals surface area contributed by atoms with E-state index in [4.69, 9.17) is 9.47 Å². The zero-order valence-corrected chi connectivity index (χ0v) is 20.5. The number of carbonyl (C=O) groups is 2. The smallest absolute Gasteiger partial charge is 0.416 e. The number of nitrogens with zero attached hydrogens (tertiary/aromatic N) is 2. The lowest BCUT2D eigenvalue weighted by atomic mass is 9.94. The third-order valence-electron chi connectivity index (χ3n) is 6.65. The Labute approximate surface area is 216 Å². The molecule has 0 aromatic heterocycles. The first-order valence-electron chi connectivity index (χ1n) is 11.7. The van der Waals surface area contributed by atoms with Crippen LogP contribution < -0.4 is 19.3 Å². The molecule has 2 heterocycles. The van der Waals surface area contributed by atoms with Gasteiger partial charge in [0.1, 0.15) is 23.9 Å². The molecule has 1 atom stereocenters. The second-order valence-electron chi connectivity index (χ2n) is 8.94. The molecule has 3 aromatic carbocycles. The fraction of sp³-hybridized carbons (Fsp3) is 0.214. The number of ether oxygens (including phenoxy) is 2. The van der Waals surface area contributed by atoms with Gasteiger partial charge in [-0.15, -0.1) is 0 Å². The number of hydrogen-bond acceptors (Lipinski definition) is 6. The topological polar surface area (TPSA) is 79.3 Å². The molecule has 0 spiro atoms. The Morgan fingerprint density at radius 1 is 1.05 bits per heavy atom. The maximum absolute atomic E-state index is 13.4. The number of fused-ring (bicyclic) bond motifs is 1. The maximum Gasteiger partial charge on any atom is 0.416 e. The molecule has 7 nitrogen and oxygen atoms in total. The summed E-state index contributed by atoms with van der Waals surface area (Å²) in [5.41, 5.74) is 0.419. The van der Waals surface area contributed by atoms with Gasteiger partial charge in [0.15, 0.2) is 0 Å². The van der Waals surface area contributed by atoms with E-state index in [0.29, 0.717) is 41.5 Å². The Kier molecular flexibility index (Phi) is 6.26. The second kappa shape index (κ2) is 9.44. The fourth-order valence-corrected chi connectivity index (χ4v) is 4.69. The minimum absolute atomic E-state index is 0.0746. The average Bonchev–Trinajstić information content (AvgIpc) is 3.18. The molecule has 0 bridgehead atoms. The number of halogens is 3. The molecule has 1 amide bonds. The van der Waals surface area contributed by atoms with Crippen molar-refractivity contribution in [3.8, 4) is 11.5 Å². The van der Waals surface area contributed by atoms with Gasteiger partial charge in [-0.1, -0.05) is 12.1 Å². The number of benzene rings is 3. The van der Waals surface area contributed by atoms with Crippen LogP contribution in [0.3, 0.4) is 0 Å². The SMILES string of the molecule is COc1cccc(C2/C(=C(/O)c3ccc4c(c3)N(C)CCO4)C(=O)C(=O)N2c2ccc(C(F)(F)F)cc2)c1. The lowest BCUT2D eigenvalue weighted by molar-refractivity contribution is -0.137. The number of anilines is 2. The van der Waals surface area contributed by atoms with E-state index >= 15 is 0 Å². The standard InChI is InChI=1S/C28H23F3N2O5/c1-32-12-13-38-22-11-6-17(15-21(22)32)25(34)23-24(16-4-3-5-20(14-16)37-2)33(27(36)26(23)35)19-9-7-18(8-10-19)28(29,30)31/h3-11,14-15,24,34H,12-13H2,1-2H3/b25-23-. The highest BCUT2D eigenvalue weighted by Crippen LogP contribution is 2.44. The van der Waals surface area contributed by atoms with Crippen LogP contribution in [0.1, 0.15) is 22.7 Å². The Bertz CT molecular complexity index is 1450. The van der Waals surface area contributed by atoms with Crippen molar-refractivity contribution in [3.05, 3.63) is 89.0 Å². The van der Waals surface area contributed by atoms with Crippen LogP contribution in [0.25, 0.3) is 5.76 Å². The van der Waals surface area contributed by atoms with Crippen LogP contribution in [-0.4, -0.2) is 44.1 Å². The molecular weight excluding hydrogens is 501 g/mol. The van der Waals surface area contributed by atoms with Gasteiger partial charge < -0.3 is 19.5 Å². The summed E-state index contributed by atoms with van der Waals surface area (Å²) in [7, 11) is 3.32. The molecule has 1 fully saturated rings. The summed E-state index contributed by atoms with van der Waals surface area (Å²) in [4.78, 5) is 29.7. The highest BCUT2D eigenvalue weighted by atomic mass is 19.4. The Hall–Kier alpha value is -4.47. The largest absolute Gasteiger partial charge is 0.507 e. The average molecular weight is 524 g/mol. The van der Waals surface area contributed by atoms with Crippen molar-refractivity contribution >= 4 is 28.8 Å². The van der Waals surface area contributed by atoms with E-state index in [1.807, 2.05) is 11.9 Å². The summed E-state index contributed by atoms with van der Waals surface area (Å²) >= 11 is 0. The minimum atomic E-state index is -4.57. The Balaban J connectivity index is 1.68. The lowest BCUT2D eigenvalue weighted by Gasteiger charge is -2.28. The zero-order valence-electron chi connectivity index (χ0n) is 20.5. The molecule has 1 N–H and O–H groups in total. The summed E-state index contributed by atoms with van der Waals surface area (Å²) in [5, 5.41) is 11.4. The zero-order chi connectivity index (χ0) is 27.2. The summed E-state index contributed by atoms with van der Waals surface area (Å²) in [6.45, 7) is 1.13. The predicted molar refractivity (Wildman–Crippen MR) is 134 cm³/mol. The number of carbonyl (C=O) groups excluding carboxylic acids is 2. The number of likely N-dealkylation sites (N-methyl/N-ethyl adjacent to an activating group) is 1. The number of Topliss-reactive ketones (excluding diaryl/α,β-unsaturated/α-hetero) is 1. The highest BCUT2D eigenvalue weighted by Gasteiger charge is 2.47. The van der Waals surface area contributed by atoms with Crippen LogP contribution >= 0.6 is 0 Å². The first kappa shape index (κ1) is 25.2. The van der Waals surface area contributed by atoms with E-state index in [2.05, 4.69) is 0 Å². The first-order valence-corrected chi connectivity index (χ1v) is 11.7. The molecule has 0 saturated carbocycles. The third-order valence-corrected chi connectivity index (χ3v) is 6.65. The van der Waals surface area contributed by atoms with Crippen molar-refractivity contribution in [2.75, 3.05) is 37.1 Å². The predicted octanol–water partition coefficient (Wildman–Crippen LogP) is 5.17. The summed E-state index contributed by atoms with van der Waals surface area (Å²) in [6, 6.07) is 14.3. The van der Waals surface area contributed by atoms with Crippen molar-refractivity contribution in [1.82, 2.24) is 0 Å². The van der Waals surface area contributed by atoms with Crippen molar-refractivity contribution < 1.29 is 37.3 Å². The Morgan fingerprint density at radius 3 is 2.47 bits per heavy atom. The van der Waals surface area contributed by atoms with Crippen molar-refractivity contribution in [2.45, 2.75) is 12.2 Å². The number of aliphatic hydroxyl groups is 1. The molecule has 196 valence electrons. The summed E-state index contributed by atoms with van der Waals surface area (Å²) < 4.78 is 50.4. The van der Waals surface area contributed by atoms with Crippen molar-refractivity contribution in [1.29, 1.82) is 0 Å². The molecule has 0 aliphatic carbocycles. The van der Waals surface area contributed by atoms with Crippen LogP contribution in [-0.2, 0) is 15.8 Å². The van der Waals surface area contributed by atoms with Gasteiger partial charge in [-0.2, -0.15) is 13.2 Å². The molecule has 1 unspecified atom stereocenters. The quantitative estimate of drug-likeness (QED) is 0.288. The highest BCUT2D eigenvalue weighted by molar-refractivity contribution is 6.51. The van der Waals surface area contributed by atoms with Crippen molar-refractivity contribution in [2.24, 2.45) is 0 Å². The van der Waals surface area contributed by atoms with E-state index in [1.54, 1.807) is 42.5 Å². The van der Waals surface area contributed by atoms with E-state index in [1.165, 1.54) is 7.11 Å². The number of alkyl halides is 3. The number of ketones is 1. The van der Waals surface area contributed by atoms with Crippen LogP contribution in [0.2, 0.25) is 0 Å².